The summed E-state index contributed by atoms with van der Waals surface area (Å²) in [6.07, 6.45) is -4.18. The molecule has 0 saturated carbocycles. The number of halogens is 2. The average molecular weight is 341 g/mol. The van der Waals surface area contributed by atoms with E-state index in [0.29, 0.717) is 16.6 Å². The van der Waals surface area contributed by atoms with Crippen LogP contribution in [0.4, 0.5) is 13.6 Å². The molecule has 1 aliphatic rings. The van der Waals surface area contributed by atoms with Crippen LogP contribution in [-0.4, -0.2) is 35.9 Å². The first-order valence-corrected chi connectivity index (χ1v) is 7.74. The first-order valence-electron chi connectivity index (χ1n) is 7.74. The van der Waals surface area contributed by atoms with Crippen LogP contribution in [0.15, 0.2) is 18.2 Å². The molecule has 0 aromatic heterocycles. The summed E-state index contributed by atoms with van der Waals surface area (Å²) in [6.45, 7) is 7.63. The van der Waals surface area contributed by atoms with E-state index in [1.807, 2.05) is 27.7 Å². The zero-order valence-electron chi connectivity index (χ0n) is 14.2. The predicted octanol–water partition coefficient (Wildman–Crippen LogP) is 2.56. The van der Waals surface area contributed by atoms with E-state index in [0.717, 1.165) is 0 Å². The van der Waals surface area contributed by atoms with Gasteiger partial charge in [0, 0.05) is 13.0 Å². The molecule has 1 saturated heterocycles. The van der Waals surface area contributed by atoms with Crippen molar-refractivity contribution in [1.82, 2.24) is 5.32 Å². The zero-order valence-corrected chi connectivity index (χ0v) is 14.2. The molecular weight excluding hydrogens is 319 g/mol. The molecule has 5 nitrogen and oxygen atoms in total. The molecule has 0 aliphatic carbocycles. The van der Waals surface area contributed by atoms with Crippen LogP contribution in [0.3, 0.4) is 0 Å². The highest BCUT2D eigenvalue weighted by molar-refractivity contribution is 6.62. The van der Waals surface area contributed by atoms with Crippen molar-refractivity contribution >= 4 is 18.7 Å². The number of rotatable bonds is 5. The topological polar surface area (TPSA) is 67.8 Å². The van der Waals surface area contributed by atoms with E-state index in [4.69, 9.17) is 14.4 Å². The maximum absolute atomic E-state index is 12.9. The van der Waals surface area contributed by atoms with Crippen molar-refractivity contribution in [3.8, 4) is 0 Å². The first kappa shape index (κ1) is 18.7. The summed E-state index contributed by atoms with van der Waals surface area (Å²) < 4.78 is 37.6. The van der Waals surface area contributed by atoms with Crippen LogP contribution in [-0.2, 0) is 22.3 Å². The highest BCUT2D eigenvalue weighted by atomic mass is 19.3. The summed E-state index contributed by atoms with van der Waals surface area (Å²) in [5, 5.41) is 10.9. The minimum Gasteiger partial charge on any atom is -0.465 e. The zero-order chi connectivity index (χ0) is 18.1. The second-order valence-electron chi connectivity index (χ2n) is 6.87. The molecule has 1 fully saturated rings. The lowest BCUT2D eigenvalue weighted by Crippen LogP contribution is -2.41. The number of nitrogens with one attached hydrogen (secondary N) is 1. The second-order valence-corrected chi connectivity index (χ2v) is 6.87. The van der Waals surface area contributed by atoms with E-state index in [1.165, 1.54) is 0 Å². The van der Waals surface area contributed by atoms with Crippen LogP contribution in [0.2, 0.25) is 0 Å². The summed E-state index contributed by atoms with van der Waals surface area (Å²) in [6, 6.07) is 4.96. The molecule has 2 N–H and O–H groups in total. The standard InChI is InChI=1S/C16H22BF2NO4/c1-15(2)16(3,4)24-17(23-15)12-6-5-10(9-20-14(21)22)11(7-12)8-13(18)19/h5-7,13,20H,8-9H2,1-4H3,(H,21,22). The van der Waals surface area contributed by atoms with Crippen LogP contribution in [0, 0.1) is 0 Å². The summed E-state index contributed by atoms with van der Waals surface area (Å²) in [4.78, 5) is 10.6. The van der Waals surface area contributed by atoms with Gasteiger partial charge in [-0.25, -0.2) is 13.6 Å². The summed E-state index contributed by atoms with van der Waals surface area (Å²) in [5.74, 6) is 0. The molecule has 0 bridgehead atoms. The van der Waals surface area contributed by atoms with Crippen LogP contribution in [0.25, 0.3) is 0 Å². The Hall–Kier alpha value is -1.67. The molecule has 1 aliphatic heterocycles. The van der Waals surface area contributed by atoms with E-state index >= 15 is 0 Å². The van der Waals surface area contributed by atoms with Gasteiger partial charge in [0.2, 0.25) is 6.43 Å². The number of alkyl halides is 2. The van der Waals surface area contributed by atoms with Gasteiger partial charge in [0.25, 0.3) is 0 Å². The van der Waals surface area contributed by atoms with E-state index < -0.39 is 37.3 Å². The maximum Gasteiger partial charge on any atom is 0.494 e. The lowest BCUT2D eigenvalue weighted by Gasteiger charge is -2.32. The fraction of sp³-hybridized carbons (Fsp3) is 0.562. The SMILES string of the molecule is CC1(C)OB(c2ccc(CNC(=O)O)c(CC(F)F)c2)OC1(C)C. The monoisotopic (exact) mass is 341 g/mol. The van der Waals surface area contributed by atoms with Gasteiger partial charge in [-0.2, -0.15) is 0 Å². The van der Waals surface area contributed by atoms with Gasteiger partial charge >= 0.3 is 13.2 Å². The molecule has 24 heavy (non-hydrogen) atoms. The van der Waals surface area contributed by atoms with Gasteiger partial charge in [-0.05, 0) is 44.3 Å². The number of carbonyl (C=O) groups is 1. The van der Waals surface area contributed by atoms with Gasteiger partial charge in [0.05, 0.1) is 11.2 Å². The second kappa shape index (κ2) is 6.68. The smallest absolute Gasteiger partial charge is 0.465 e. The maximum atomic E-state index is 12.9. The fourth-order valence-corrected chi connectivity index (χ4v) is 2.47. The predicted molar refractivity (Wildman–Crippen MR) is 86.7 cm³/mol. The Bertz CT molecular complexity index is 606. The normalized spacial score (nSPS) is 18.9. The highest BCUT2D eigenvalue weighted by Crippen LogP contribution is 2.36. The van der Waals surface area contributed by atoms with Gasteiger partial charge in [-0.3, -0.25) is 0 Å². The number of hydrogen-bond acceptors (Lipinski definition) is 3. The van der Waals surface area contributed by atoms with Crippen molar-refractivity contribution in [3.05, 3.63) is 29.3 Å². The van der Waals surface area contributed by atoms with Crippen LogP contribution in [0.5, 0.6) is 0 Å². The third-order valence-corrected chi connectivity index (χ3v) is 4.56. The molecule has 0 unspecified atom stereocenters. The van der Waals surface area contributed by atoms with Crippen LogP contribution < -0.4 is 10.8 Å². The van der Waals surface area contributed by atoms with Gasteiger partial charge in [-0.1, -0.05) is 18.2 Å². The van der Waals surface area contributed by atoms with Gasteiger partial charge in [0.1, 0.15) is 0 Å². The lowest BCUT2D eigenvalue weighted by atomic mass is 9.77. The molecule has 1 amide bonds. The van der Waals surface area contributed by atoms with Crippen LogP contribution in [0.1, 0.15) is 38.8 Å². The largest absolute Gasteiger partial charge is 0.494 e. The average Bonchev–Trinajstić information content (AvgIpc) is 2.65. The molecule has 2 rings (SSSR count). The molecule has 1 aromatic carbocycles. The molecule has 1 heterocycles. The minimum absolute atomic E-state index is 0.0268. The minimum atomic E-state index is -2.53. The van der Waals surface area contributed by atoms with Gasteiger partial charge < -0.3 is 19.7 Å². The molecule has 1 aromatic rings. The molecule has 0 atom stereocenters. The van der Waals surface area contributed by atoms with E-state index in [9.17, 15) is 13.6 Å². The number of benzene rings is 1. The summed E-state index contributed by atoms with van der Waals surface area (Å²) in [5.41, 5.74) is 0.487. The van der Waals surface area contributed by atoms with Gasteiger partial charge in [-0.15, -0.1) is 0 Å². The van der Waals surface area contributed by atoms with Crippen molar-refractivity contribution < 1.29 is 28.0 Å². The molecule has 0 radical (unpaired) electrons. The number of amides is 1. The molecule has 0 spiro atoms. The quantitative estimate of drug-likeness (QED) is 0.808. The molecule has 132 valence electrons. The van der Waals surface area contributed by atoms with Crippen molar-refractivity contribution in [1.29, 1.82) is 0 Å². The van der Waals surface area contributed by atoms with E-state index in [2.05, 4.69) is 5.32 Å². The molecule has 8 heteroatoms. The lowest BCUT2D eigenvalue weighted by molar-refractivity contribution is 0.00578. The van der Waals surface area contributed by atoms with Crippen molar-refractivity contribution in [3.63, 3.8) is 0 Å². The Kier molecular flexibility index (Phi) is 5.20. The van der Waals surface area contributed by atoms with E-state index in [-0.39, 0.29) is 6.54 Å². The Balaban J connectivity index is 2.27. The summed E-state index contributed by atoms with van der Waals surface area (Å²) >= 11 is 0. The third-order valence-electron chi connectivity index (χ3n) is 4.56. The third kappa shape index (κ3) is 4.05. The van der Waals surface area contributed by atoms with Gasteiger partial charge in [0.15, 0.2) is 0 Å². The first-order chi connectivity index (χ1) is 11.0. The van der Waals surface area contributed by atoms with Crippen LogP contribution >= 0.6 is 0 Å². The Morgan fingerprint density at radius 2 is 1.79 bits per heavy atom. The van der Waals surface area contributed by atoms with Crippen molar-refractivity contribution in [2.75, 3.05) is 0 Å². The van der Waals surface area contributed by atoms with Crippen molar-refractivity contribution in [2.45, 2.75) is 58.3 Å². The Morgan fingerprint density at radius 3 is 2.29 bits per heavy atom. The van der Waals surface area contributed by atoms with Crippen molar-refractivity contribution in [2.24, 2.45) is 0 Å². The number of hydrogen-bond donors (Lipinski definition) is 2. The fourth-order valence-electron chi connectivity index (χ4n) is 2.47. The van der Waals surface area contributed by atoms with E-state index in [1.54, 1.807) is 18.2 Å². The number of carboxylic acid groups (broad SMARTS) is 1. The Morgan fingerprint density at radius 1 is 1.21 bits per heavy atom. The molecular formula is C16H22BF2NO4. The Labute approximate surface area is 140 Å². The highest BCUT2D eigenvalue weighted by Gasteiger charge is 2.51. The summed E-state index contributed by atoms with van der Waals surface area (Å²) in [7, 11) is -0.645.